The molecular weight excluding hydrogens is 479 g/mol. The number of halogens is 6. The summed E-state index contributed by atoms with van der Waals surface area (Å²) in [5, 5.41) is 0. The van der Waals surface area contributed by atoms with Gasteiger partial charge in [-0.25, -0.2) is 13.4 Å². The Morgan fingerprint density at radius 3 is 1.69 bits per heavy atom. The maximum Gasteiger partial charge on any atom is 0.673 e. The Morgan fingerprint density at radius 2 is 1.19 bits per heavy atom. The van der Waals surface area contributed by atoms with E-state index < -0.39 is 7.25 Å². The third kappa shape index (κ3) is 8.34. The zero-order valence-electron chi connectivity index (χ0n) is 19.4. The maximum absolute atomic E-state index is 13.4. The second kappa shape index (κ2) is 11.6. The molecule has 186 valence electrons. The summed E-state index contributed by atoms with van der Waals surface area (Å²) in [6, 6.07) is 12.5. The van der Waals surface area contributed by atoms with Gasteiger partial charge >= 0.3 is 7.25 Å². The van der Waals surface area contributed by atoms with Gasteiger partial charge in [0.2, 0.25) is 0 Å². The molecule has 2 aromatic carbocycles. The van der Waals surface area contributed by atoms with Crippen LogP contribution >= 0.6 is 0 Å². The Bertz CT molecular complexity index is 1280. The summed E-state index contributed by atoms with van der Waals surface area (Å²) in [5.41, 5.74) is 4.67. The highest BCUT2D eigenvalue weighted by Gasteiger charge is 2.20. The van der Waals surface area contributed by atoms with Crippen LogP contribution in [0, 0.1) is 11.6 Å². The number of allylic oxidation sites excluding steroid dienone is 10. The molecule has 1 aliphatic carbocycles. The van der Waals surface area contributed by atoms with Crippen LogP contribution in [0.5, 0.6) is 0 Å². The number of hydrogen-bond donors (Lipinski definition) is 0. The van der Waals surface area contributed by atoms with Gasteiger partial charge in [0, 0.05) is 17.7 Å². The van der Waals surface area contributed by atoms with Gasteiger partial charge < -0.3 is 22.0 Å². The summed E-state index contributed by atoms with van der Waals surface area (Å²) in [6.07, 6.45) is 15.8. The van der Waals surface area contributed by atoms with Crippen LogP contribution in [-0.4, -0.2) is 31.6 Å². The SMILES string of the molecule is C[N+](C)=C1C=CC(=C/C=C2\C=C(c3ccc(F)cc3)C=C(c3ccc(F)cc3)O2)C=C1.F[B-](F)(F)F. The van der Waals surface area contributed by atoms with Crippen molar-refractivity contribution in [3.8, 4) is 0 Å². The fourth-order valence-electron chi connectivity index (χ4n) is 3.23. The fourth-order valence-corrected chi connectivity index (χ4v) is 3.23. The van der Waals surface area contributed by atoms with Crippen LogP contribution < -0.4 is 0 Å². The van der Waals surface area contributed by atoms with Crippen molar-refractivity contribution in [2.75, 3.05) is 14.1 Å². The van der Waals surface area contributed by atoms with Crippen LogP contribution in [-0.2, 0) is 4.74 Å². The van der Waals surface area contributed by atoms with E-state index in [4.69, 9.17) is 4.74 Å². The molecule has 36 heavy (non-hydrogen) atoms. The topological polar surface area (TPSA) is 12.2 Å². The highest BCUT2D eigenvalue weighted by molar-refractivity contribution is 6.50. The van der Waals surface area contributed by atoms with Gasteiger partial charge in [0.25, 0.3) is 0 Å². The van der Waals surface area contributed by atoms with Gasteiger partial charge in [-0.3, -0.25) is 0 Å². The maximum atomic E-state index is 13.4. The van der Waals surface area contributed by atoms with Crippen LogP contribution in [0.15, 0.2) is 108 Å². The van der Waals surface area contributed by atoms with Gasteiger partial charge in [0.05, 0.1) is 0 Å². The fraction of sp³-hybridized carbons (Fsp3) is 0.0741. The summed E-state index contributed by atoms with van der Waals surface area (Å²) in [4.78, 5) is 0. The molecule has 0 bridgehead atoms. The van der Waals surface area contributed by atoms with E-state index >= 15 is 0 Å². The molecule has 0 amide bonds. The van der Waals surface area contributed by atoms with Gasteiger partial charge in [-0.1, -0.05) is 18.2 Å². The van der Waals surface area contributed by atoms with Crippen LogP contribution in [0.4, 0.5) is 26.0 Å². The molecule has 0 spiro atoms. The number of nitrogens with zero attached hydrogens (tertiary/aromatic N) is 1. The second-order valence-electron chi connectivity index (χ2n) is 7.94. The number of ether oxygens (including phenoxy) is 1. The Labute approximate surface area is 205 Å². The van der Waals surface area contributed by atoms with Crippen molar-refractivity contribution in [1.82, 2.24) is 0 Å². The van der Waals surface area contributed by atoms with Crippen LogP contribution in [0.1, 0.15) is 11.1 Å². The lowest BCUT2D eigenvalue weighted by Gasteiger charge is -2.18. The minimum absolute atomic E-state index is 0.288. The summed E-state index contributed by atoms with van der Waals surface area (Å²) in [6.45, 7) is 0. The molecule has 0 unspecified atom stereocenters. The highest BCUT2D eigenvalue weighted by atomic mass is 19.5. The van der Waals surface area contributed by atoms with E-state index in [9.17, 15) is 26.0 Å². The van der Waals surface area contributed by atoms with Gasteiger partial charge in [-0.15, -0.1) is 0 Å². The Balaban J connectivity index is 0.000000658. The van der Waals surface area contributed by atoms with Crippen LogP contribution in [0.2, 0.25) is 0 Å². The number of rotatable bonds is 3. The number of benzene rings is 2. The highest BCUT2D eigenvalue weighted by Crippen LogP contribution is 2.32. The van der Waals surface area contributed by atoms with E-state index in [1.807, 2.05) is 55.1 Å². The largest absolute Gasteiger partial charge is 0.673 e. The van der Waals surface area contributed by atoms with E-state index in [0.29, 0.717) is 11.5 Å². The van der Waals surface area contributed by atoms with Crippen molar-refractivity contribution in [2.24, 2.45) is 0 Å². The average Bonchev–Trinajstić information content (AvgIpc) is 2.83. The monoisotopic (exact) mass is 501 g/mol. The van der Waals surface area contributed by atoms with E-state index in [1.54, 1.807) is 24.3 Å². The third-order valence-corrected chi connectivity index (χ3v) is 4.97. The lowest BCUT2D eigenvalue weighted by atomic mass is 10.00. The summed E-state index contributed by atoms with van der Waals surface area (Å²) < 4.78 is 73.9. The minimum Gasteiger partial charge on any atom is -0.457 e. The molecule has 1 aliphatic heterocycles. The summed E-state index contributed by atoms with van der Waals surface area (Å²) in [5.74, 6) is 0.645. The molecule has 9 heteroatoms. The molecule has 4 rings (SSSR count). The average molecular weight is 501 g/mol. The normalized spacial score (nSPS) is 16.1. The summed E-state index contributed by atoms with van der Waals surface area (Å²) >= 11 is 0. The van der Waals surface area contributed by atoms with E-state index in [1.165, 1.54) is 24.3 Å². The molecular formula is C27H22BF6NO. The third-order valence-electron chi connectivity index (χ3n) is 4.97. The molecule has 0 atom stereocenters. The molecule has 1 heterocycles. The van der Waals surface area contributed by atoms with Crippen molar-refractivity contribution in [1.29, 1.82) is 0 Å². The van der Waals surface area contributed by atoms with Gasteiger partial charge in [-0.2, -0.15) is 0 Å². The first-order chi connectivity index (χ1) is 17.0. The first-order valence-electron chi connectivity index (χ1n) is 10.8. The molecule has 0 aromatic heterocycles. The molecule has 0 saturated heterocycles. The zero-order chi connectivity index (χ0) is 26.3. The second-order valence-corrected chi connectivity index (χ2v) is 7.94. The Morgan fingerprint density at radius 1 is 0.694 bits per heavy atom. The molecule has 2 nitrogen and oxygen atoms in total. The van der Waals surface area contributed by atoms with E-state index in [0.717, 1.165) is 28.0 Å². The van der Waals surface area contributed by atoms with Crippen molar-refractivity contribution >= 4 is 24.3 Å². The first-order valence-corrected chi connectivity index (χ1v) is 10.8. The predicted octanol–water partition coefficient (Wildman–Crippen LogP) is 7.37. The van der Waals surface area contributed by atoms with E-state index in [2.05, 4.69) is 12.2 Å². The van der Waals surface area contributed by atoms with Crippen molar-refractivity contribution in [3.05, 3.63) is 131 Å². The number of hydrogen-bond acceptors (Lipinski definition) is 1. The van der Waals surface area contributed by atoms with Crippen molar-refractivity contribution in [3.63, 3.8) is 0 Å². The molecule has 0 N–H and O–H groups in total. The quantitative estimate of drug-likeness (QED) is 0.243. The molecule has 2 aliphatic rings. The van der Waals surface area contributed by atoms with Gasteiger partial charge in [0.15, 0.2) is 5.71 Å². The zero-order valence-corrected chi connectivity index (χ0v) is 19.4. The van der Waals surface area contributed by atoms with E-state index in [-0.39, 0.29) is 11.6 Å². The predicted molar refractivity (Wildman–Crippen MR) is 132 cm³/mol. The van der Waals surface area contributed by atoms with Crippen molar-refractivity contribution in [2.45, 2.75) is 0 Å². The molecule has 0 saturated carbocycles. The van der Waals surface area contributed by atoms with Crippen LogP contribution in [0.25, 0.3) is 11.3 Å². The van der Waals surface area contributed by atoms with Gasteiger partial charge in [-0.05, 0) is 83.5 Å². The lowest BCUT2D eigenvalue weighted by molar-refractivity contribution is -0.462. The van der Waals surface area contributed by atoms with Gasteiger partial charge in [0.1, 0.15) is 37.2 Å². The Kier molecular flexibility index (Phi) is 8.58. The molecule has 0 radical (unpaired) electrons. The first kappa shape index (κ1) is 26.6. The Hall–Kier alpha value is -4.01. The minimum atomic E-state index is -6.00. The lowest BCUT2D eigenvalue weighted by Crippen LogP contribution is -2.09. The molecule has 2 aromatic rings. The smallest absolute Gasteiger partial charge is 0.457 e. The standard InChI is InChI=1S/C27H22F2NO.BF4/c1-30(2)25-14-3-19(4-15-25)5-16-26-17-22(20-6-10-23(28)11-7-20)18-27(31-26)21-8-12-24(29)13-9-21;2-1(3,4)5/h3-18H,1-2H3;/q+1;-1/b26-16+;. The van der Waals surface area contributed by atoms with Crippen molar-refractivity contribution < 1.29 is 35.4 Å². The van der Waals surface area contributed by atoms with Crippen LogP contribution in [0.3, 0.4) is 0 Å². The summed E-state index contributed by atoms with van der Waals surface area (Å²) in [7, 11) is -2.00. The molecule has 0 fully saturated rings.